The molecule has 3 N–H and O–H groups in total. The van der Waals surface area contributed by atoms with E-state index in [4.69, 9.17) is 10.3 Å². The van der Waals surface area contributed by atoms with Crippen molar-refractivity contribution in [2.24, 2.45) is 0 Å². The van der Waals surface area contributed by atoms with Crippen molar-refractivity contribution in [2.45, 2.75) is 4.90 Å². The molecule has 1 aromatic heterocycles. The highest BCUT2D eigenvalue weighted by molar-refractivity contribution is 7.86. The molecule has 9 heteroatoms. The van der Waals surface area contributed by atoms with Crippen LogP contribution in [0.15, 0.2) is 29.2 Å². The number of nitrogens with two attached hydrogens (primary N) is 1. The summed E-state index contributed by atoms with van der Waals surface area (Å²) in [5.74, 6) is -0.804. The van der Waals surface area contributed by atoms with Crippen molar-refractivity contribution in [3.63, 3.8) is 0 Å². The second kappa shape index (κ2) is 3.89. The van der Waals surface area contributed by atoms with Crippen molar-refractivity contribution in [3.8, 4) is 0 Å². The first kappa shape index (κ1) is 12.2. The molecule has 0 saturated heterocycles. The van der Waals surface area contributed by atoms with E-state index >= 15 is 0 Å². The smallest absolute Gasteiger partial charge is 0.388 e. The molecule has 0 unspecified atom stereocenters. The van der Waals surface area contributed by atoms with Crippen LogP contribution in [0, 0.1) is 10.1 Å². The molecule has 1 aromatic carbocycles. The van der Waals surface area contributed by atoms with Crippen molar-refractivity contribution in [2.75, 3.05) is 5.73 Å². The zero-order valence-corrected chi connectivity index (χ0v) is 9.59. The third-order valence-corrected chi connectivity index (χ3v) is 3.25. The molecule has 0 spiro atoms. The molecule has 0 aliphatic rings. The van der Waals surface area contributed by atoms with Crippen LogP contribution in [0.1, 0.15) is 0 Å². The number of rotatable bonds is 2. The molecule has 0 aliphatic carbocycles. The molecule has 0 aliphatic heterocycles. The van der Waals surface area contributed by atoms with Crippen molar-refractivity contribution >= 4 is 32.5 Å². The Balaban J connectivity index is 3.05. The fraction of sp³-hybridized carbons (Fsp3) is 0. The Morgan fingerprint density at radius 2 is 1.94 bits per heavy atom. The lowest BCUT2D eigenvalue weighted by molar-refractivity contribution is -0.388. The van der Waals surface area contributed by atoms with Crippen LogP contribution in [0.4, 0.5) is 11.5 Å². The number of fused-ring (bicyclic) bond motifs is 1. The molecule has 94 valence electrons. The Hall–Kier alpha value is -2.26. The average Bonchev–Trinajstić information content (AvgIpc) is 2.25. The van der Waals surface area contributed by atoms with Gasteiger partial charge in [0, 0.05) is 5.39 Å². The third kappa shape index (κ3) is 1.85. The van der Waals surface area contributed by atoms with Gasteiger partial charge in [-0.3, -0.25) is 4.55 Å². The summed E-state index contributed by atoms with van der Waals surface area (Å²) in [5, 5.41) is 10.8. The highest BCUT2D eigenvalue weighted by Gasteiger charge is 2.28. The number of hydrogen-bond donors (Lipinski definition) is 2. The Labute approximate surface area is 101 Å². The lowest BCUT2D eigenvalue weighted by Crippen LogP contribution is -2.08. The number of nitrogen functional groups attached to an aromatic ring is 1. The van der Waals surface area contributed by atoms with E-state index in [2.05, 4.69) is 4.98 Å². The summed E-state index contributed by atoms with van der Waals surface area (Å²) in [6.07, 6.45) is 0. The molecule has 8 nitrogen and oxygen atoms in total. The van der Waals surface area contributed by atoms with E-state index < -0.39 is 31.4 Å². The Kier molecular flexibility index (Phi) is 2.64. The maximum Gasteiger partial charge on any atom is 0.388 e. The maximum absolute atomic E-state index is 11.3. The van der Waals surface area contributed by atoms with Crippen molar-refractivity contribution in [1.29, 1.82) is 0 Å². The normalized spacial score (nSPS) is 11.6. The average molecular weight is 269 g/mol. The number of pyridine rings is 1. The van der Waals surface area contributed by atoms with Gasteiger partial charge in [0.25, 0.3) is 10.1 Å². The van der Waals surface area contributed by atoms with Gasteiger partial charge in [0.1, 0.15) is 4.90 Å². The first-order valence-corrected chi connectivity index (χ1v) is 6.06. The van der Waals surface area contributed by atoms with Crippen LogP contribution >= 0.6 is 0 Å². The summed E-state index contributed by atoms with van der Waals surface area (Å²) in [7, 11) is -4.69. The summed E-state index contributed by atoms with van der Waals surface area (Å²) in [6, 6.07) is 5.77. The SMILES string of the molecule is Nc1c([N+](=O)[O-])nc2ccccc2c1S(=O)(=O)O. The van der Waals surface area contributed by atoms with E-state index in [-0.39, 0.29) is 10.9 Å². The molecule has 1 heterocycles. The first-order valence-electron chi connectivity index (χ1n) is 4.62. The molecule has 0 fully saturated rings. The van der Waals surface area contributed by atoms with Crippen LogP contribution in [0.3, 0.4) is 0 Å². The van der Waals surface area contributed by atoms with E-state index in [0.717, 1.165) is 0 Å². The molecular formula is C9H7N3O5S. The quantitative estimate of drug-likeness (QED) is 0.470. The molecule has 0 atom stereocenters. The topological polar surface area (TPSA) is 136 Å². The fourth-order valence-corrected chi connectivity index (χ4v) is 2.42. The molecule has 2 rings (SSSR count). The number of benzene rings is 1. The zero-order chi connectivity index (χ0) is 13.5. The van der Waals surface area contributed by atoms with Crippen molar-refractivity contribution < 1.29 is 17.9 Å². The lowest BCUT2D eigenvalue weighted by Gasteiger charge is -2.05. The monoisotopic (exact) mass is 269 g/mol. The molecular weight excluding hydrogens is 262 g/mol. The maximum atomic E-state index is 11.3. The molecule has 0 amide bonds. The second-order valence-corrected chi connectivity index (χ2v) is 4.79. The minimum atomic E-state index is -4.69. The number of aromatic nitrogens is 1. The number of nitrogens with zero attached hydrogens (tertiary/aromatic N) is 2. The molecule has 2 aromatic rings. The van der Waals surface area contributed by atoms with Crippen LogP contribution < -0.4 is 5.73 Å². The Bertz CT molecular complexity index is 756. The largest absolute Gasteiger partial charge is 0.391 e. The van der Waals surface area contributed by atoms with Crippen LogP contribution in [0.25, 0.3) is 10.9 Å². The van der Waals surface area contributed by atoms with Gasteiger partial charge in [-0.2, -0.15) is 8.42 Å². The molecule has 0 radical (unpaired) electrons. The predicted octanol–water partition coefficient (Wildman–Crippen LogP) is 0.972. The molecule has 0 bridgehead atoms. The number of para-hydroxylation sites is 1. The van der Waals surface area contributed by atoms with Gasteiger partial charge in [0.05, 0.1) is 0 Å². The standard InChI is InChI=1S/C9H7N3O5S/c10-7-8(18(15,16)17)5-3-1-2-4-6(5)11-9(7)12(13)14/h1-4H,10H2,(H,15,16,17). The van der Waals surface area contributed by atoms with Gasteiger partial charge in [-0.25, -0.2) is 0 Å². The minimum Gasteiger partial charge on any atom is -0.391 e. The van der Waals surface area contributed by atoms with E-state index in [1.54, 1.807) is 0 Å². The Morgan fingerprint density at radius 1 is 1.33 bits per heavy atom. The second-order valence-electron chi connectivity index (χ2n) is 3.43. The molecule has 18 heavy (non-hydrogen) atoms. The predicted molar refractivity (Wildman–Crippen MR) is 62.6 cm³/mol. The Morgan fingerprint density at radius 3 is 2.50 bits per heavy atom. The van der Waals surface area contributed by atoms with E-state index in [1.165, 1.54) is 24.3 Å². The van der Waals surface area contributed by atoms with Gasteiger partial charge in [-0.1, -0.05) is 12.1 Å². The summed E-state index contributed by atoms with van der Waals surface area (Å²) >= 11 is 0. The van der Waals surface area contributed by atoms with Gasteiger partial charge in [-0.05, 0) is 22.0 Å². The highest BCUT2D eigenvalue weighted by Crippen LogP contribution is 2.33. The van der Waals surface area contributed by atoms with Crippen molar-refractivity contribution in [3.05, 3.63) is 34.4 Å². The molecule has 0 saturated carbocycles. The van der Waals surface area contributed by atoms with Gasteiger partial charge < -0.3 is 15.8 Å². The van der Waals surface area contributed by atoms with E-state index in [9.17, 15) is 18.5 Å². The number of anilines is 1. The lowest BCUT2D eigenvalue weighted by atomic mass is 10.2. The van der Waals surface area contributed by atoms with Gasteiger partial charge >= 0.3 is 5.82 Å². The summed E-state index contributed by atoms with van der Waals surface area (Å²) in [6.45, 7) is 0. The fourth-order valence-electron chi connectivity index (χ4n) is 1.60. The first-order chi connectivity index (χ1) is 8.32. The zero-order valence-electron chi connectivity index (χ0n) is 8.77. The van der Waals surface area contributed by atoms with Gasteiger partial charge in [0.2, 0.25) is 0 Å². The number of hydrogen-bond acceptors (Lipinski definition) is 6. The summed E-state index contributed by atoms with van der Waals surface area (Å²) < 4.78 is 31.7. The van der Waals surface area contributed by atoms with E-state index in [0.29, 0.717) is 0 Å². The summed E-state index contributed by atoms with van der Waals surface area (Å²) in [4.78, 5) is 12.8. The third-order valence-electron chi connectivity index (χ3n) is 2.29. The number of nitro groups is 1. The highest BCUT2D eigenvalue weighted by atomic mass is 32.2. The van der Waals surface area contributed by atoms with Crippen LogP contribution in [0.2, 0.25) is 0 Å². The van der Waals surface area contributed by atoms with Crippen molar-refractivity contribution in [1.82, 2.24) is 4.98 Å². The van der Waals surface area contributed by atoms with Gasteiger partial charge in [-0.15, -0.1) is 0 Å². The van der Waals surface area contributed by atoms with Crippen LogP contribution in [0.5, 0.6) is 0 Å². The minimum absolute atomic E-state index is 0.0306. The van der Waals surface area contributed by atoms with Crippen LogP contribution in [-0.4, -0.2) is 22.9 Å². The summed E-state index contributed by atoms with van der Waals surface area (Å²) in [5.41, 5.74) is 4.77. The van der Waals surface area contributed by atoms with Gasteiger partial charge in [0.15, 0.2) is 11.2 Å². The van der Waals surface area contributed by atoms with Crippen LogP contribution in [-0.2, 0) is 10.1 Å². The van der Waals surface area contributed by atoms with E-state index in [1.807, 2.05) is 0 Å².